The topological polar surface area (TPSA) is 134 Å². The van der Waals surface area contributed by atoms with Gasteiger partial charge in [-0.05, 0) is 78.0 Å². The number of benzene rings is 3. The summed E-state index contributed by atoms with van der Waals surface area (Å²) in [5.74, 6) is -3.61. The fraction of sp³-hybridized carbons (Fsp3) is 0.286. The molecule has 3 amide bonds. The van der Waals surface area contributed by atoms with Crippen LogP contribution in [0.4, 0.5) is 4.79 Å². The monoisotopic (exact) mass is 675 g/mol. The van der Waals surface area contributed by atoms with Crippen LogP contribution in [0.3, 0.4) is 0 Å². The first kappa shape index (κ1) is 32.2. The first-order valence-electron chi connectivity index (χ1n) is 14.6. The third-order valence-electron chi connectivity index (χ3n) is 8.40. The van der Waals surface area contributed by atoms with E-state index in [1.165, 1.54) is 0 Å². The zero-order chi connectivity index (χ0) is 32.1. The number of amides is 3. The molecule has 3 aromatic carbocycles. The van der Waals surface area contributed by atoms with Crippen molar-refractivity contribution in [3.05, 3.63) is 106 Å². The minimum atomic E-state index is -1.12. The Labute approximate surface area is 269 Å². The third kappa shape index (κ3) is 6.88. The van der Waals surface area contributed by atoms with Crippen LogP contribution in [0.2, 0.25) is 0 Å². The Hall–Kier alpha value is -4.25. The molecule has 2 aliphatic rings. The number of allylic oxidation sites excluding steroid dienone is 1. The van der Waals surface area contributed by atoms with E-state index in [4.69, 9.17) is 9.47 Å². The lowest BCUT2D eigenvalue weighted by molar-refractivity contribution is -0.137. The molecule has 3 N–H and O–H groups in total. The van der Waals surface area contributed by atoms with E-state index in [0.717, 1.165) is 22.7 Å². The number of methoxy groups -OCH3 is 1. The second-order valence-electron chi connectivity index (χ2n) is 11.1. The molecule has 3 aromatic rings. The minimum Gasteiger partial charge on any atom is -0.507 e. The maximum Gasteiger partial charge on any atom is 0.423 e. The summed E-state index contributed by atoms with van der Waals surface area (Å²) in [5, 5.41) is 32.9. The summed E-state index contributed by atoms with van der Waals surface area (Å²) in [6.07, 6.45) is 0.330. The van der Waals surface area contributed by atoms with Crippen molar-refractivity contribution >= 4 is 45.5 Å². The number of likely N-dealkylation sites (tertiary alicyclic amines) is 1. The van der Waals surface area contributed by atoms with Crippen LogP contribution in [-0.4, -0.2) is 64.6 Å². The number of imide groups is 3. The summed E-state index contributed by atoms with van der Waals surface area (Å²) < 4.78 is 11.5. The van der Waals surface area contributed by atoms with E-state index in [1.54, 1.807) is 30.3 Å². The number of hydrogen-bond donors (Lipinski definition) is 3. The molecule has 9 nitrogen and oxygen atoms in total. The van der Waals surface area contributed by atoms with Gasteiger partial charge in [-0.25, -0.2) is 4.79 Å². The van der Waals surface area contributed by atoms with E-state index in [1.807, 2.05) is 54.6 Å². The Morgan fingerprint density at radius 3 is 2.40 bits per heavy atom. The molecule has 1 fully saturated rings. The Morgan fingerprint density at radius 2 is 1.73 bits per heavy atom. The van der Waals surface area contributed by atoms with Gasteiger partial charge in [0.25, 0.3) is 0 Å². The lowest BCUT2D eigenvalue weighted by atomic mass is 9.68. The fourth-order valence-corrected chi connectivity index (χ4v) is 6.66. The smallest absolute Gasteiger partial charge is 0.423 e. The van der Waals surface area contributed by atoms with Crippen molar-refractivity contribution in [3.8, 4) is 11.5 Å². The van der Waals surface area contributed by atoms with Crippen LogP contribution in [0.5, 0.6) is 11.5 Å². The number of carbonyl (C=O) groups excluding carboxylic acids is 3. The summed E-state index contributed by atoms with van der Waals surface area (Å²) >= 11 is 3.45. The van der Waals surface area contributed by atoms with E-state index < -0.39 is 48.4 Å². The van der Waals surface area contributed by atoms with Crippen molar-refractivity contribution < 1.29 is 39.2 Å². The number of aromatic hydroxyl groups is 1. The van der Waals surface area contributed by atoms with E-state index >= 15 is 0 Å². The van der Waals surface area contributed by atoms with Crippen molar-refractivity contribution in [1.29, 1.82) is 0 Å². The molecule has 1 aliphatic carbocycles. The second-order valence-corrected chi connectivity index (χ2v) is 12.0. The van der Waals surface area contributed by atoms with Gasteiger partial charge in [0.05, 0.1) is 31.7 Å². The lowest BCUT2D eigenvalue weighted by Crippen LogP contribution is -2.40. The summed E-state index contributed by atoms with van der Waals surface area (Å²) in [4.78, 5) is 39.6. The van der Waals surface area contributed by atoms with Crippen molar-refractivity contribution in [1.82, 2.24) is 4.90 Å². The number of aliphatic hydroxyl groups is 2. The first-order chi connectivity index (χ1) is 21.7. The Bertz CT molecular complexity index is 1620. The van der Waals surface area contributed by atoms with E-state index in [2.05, 4.69) is 15.9 Å². The van der Waals surface area contributed by atoms with Gasteiger partial charge in [0.2, 0.25) is 11.8 Å². The highest BCUT2D eigenvalue weighted by Crippen LogP contribution is 2.46. The summed E-state index contributed by atoms with van der Waals surface area (Å²) in [6.45, 7) is -0.507. The molecule has 0 aromatic heterocycles. The molecule has 234 valence electrons. The molecule has 1 saturated heterocycles. The lowest BCUT2D eigenvalue weighted by Gasteiger charge is -2.36. The molecule has 1 heterocycles. The Balaban J connectivity index is 1.49. The molecular weight excluding hydrogens is 642 g/mol. The maximum atomic E-state index is 13.4. The van der Waals surface area contributed by atoms with E-state index in [-0.39, 0.29) is 25.2 Å². The average Bonchev–Trinajstić information content (AvgIpc) is 3.31. The number of fused-ring (bicyclic) bond motifs is 1. The van der Waals surface area contributed by atoms with Crippen LogP contribution in [-0.2, 0) is 14.3 Å². The molecule has 0 bridgehead atoms. The van der Waals surface area contributed by atoms with E-state index in [0.29, 0.717) is 33.8 Å². The van der Waals surface area contributed by atoms with E-state index in [9.17, 15) is 29.7 Å². The Kier molecular flexibility index (Phi) is 10.2. The average molecular weight is 677 g/mol. The number of halogens is 1. The molecule has 0 unspecified atom stereocenters. The number of aliphatic hydroxyl groups excluding tert-OH is 2. The van der Waals surface area contributed by atoms with Crippen LogP contribution >= 0.6 is 15.9 Å². The fourth-order valence-electron chi connectivity index (χ4n) is 6.28. The quantitative estimate of drug-likeness (QED) is 0.144. The Morgan fingerprint density at radius 1 is 1.04 bits per heavy atom. The third-order valence-corrected chi connectivity index (χ3v) is 8.90. The minimum absolute atomic E-state index is 0.0170. The van der Waals surface area contributed by atoms with Gasteiger partial charge < -0.3 is 24.8 Å². The molecular formula is C35H34BrNO8. The predicted molar refractivity (Wildman–Crippen MR) is 171 cm³/mol. The van der Waals surface area contributed by atoms with Crippen LogP contribution in [0, 0.1) is 17.8 Å². The number of carbonyl (C=O) groups is 3. The van der Waals surface area contributed by atoms with Crippen LogP contribution in [0.15, 0.2) is 94.5 Å². The molecule has 0 saturated carbocycles. The molecule has 0 radical (unpaired) electrons. The predicted octanol–water partition coefficient (Wildman–Crippen LogP) is 5.59. The van der Waals surface area contributed by atoms with Crippen molar-refractivity contribution in [3.63, 3.8) is 0 Å². The van der Waals surface area contributed by atoms with Gasteiger partial charge in [0, 0.05) is 16.0 Å². The normalized spacial score (nSPS) is 20.7. The summed E-state index contributed by atoms with van der Waals surface area (Å²) in [7, 11) is 1.09. The molecule has 0 spiro atoms. The maximum absolute atomic E-state index is 13.4. The highest BCUT2D eigenvalue weighted by Gasteiger charge is 2.57. The van der Waals surface area contributed by atoms with Crippen LogP contribution < -0.4 is 4.74 Å². The number of para-hydroxylation sites is 1. The second kappa shape index (κ2) is 14.2. The zero-order valence-corrected chi connectivity index (χ0v) is 26.2. The molecule has 45 heavy (non-hydrogen) atoms. The van der Waals surface area contributed by atoms with Gasteiger partial charge in [0.15, 0.2) is 0 Å². The molecule has 5 rings (SSSR count). The number of ether oxygens (including phenoxy) is 2. The summed E-state index contributed by atoms with van der Waals surface area (Å²) in [5.41, 5.74) is 3.37. The van der Waals surface area contributed by atoms with Gasteiger partial charge in [0.1, 0.15) is 18.1 Å². The first-order valence-corrected chi connectivity index (χ1v) is 15.4. The SMILES string of the molecule is COC(=O)N1C(=O)[C@@H]2[C@@H](CC(COc3ccccc3)=C([C@H](O)CC/C(=C/c3cc(Br)ccc3O)c3ccccc3)[C@@H]2CO)C1=O. The standard InChI is InChI=1S/C35H34BrNO8/c1-44-35(43)37-33(41)27-18-24(20-45-26-10-6-3-7-11-26)31(28(19-38)32(27)34(37)42)30(40)14-12-22(21-8-4-2-5-9-21)16-23-17-25(36)13-15-29(23)39/h2-11,13,15-17,27-28,30,32,38-40H,12,14,18-20H2,1H3/b22-16-/t27-,28+,30-,32-/m1/s1. The van der Waals surface area contributed by atoms with Gasteiger partial charge in [-0.2, -0.15) is 4.90 Å². The number of hydrogen-bond acceptors (Lipinski definition) is 8. The highest BCUT2D eigenvalue weighted by molar-refractivity contribution is 9.10. The van der Waals surface area contributed by atoms with Crippen molar-refractivity contribution in [2.24, 2.45) is 17.8 Å². The van der Waals surface area contributed by atoms with Crippen LogP contribution in [0.1, 0.15) is 30.4 Å². The molecule has 4 atom stereocenters. The molecule has 1 aliphatic heterocycles. The number of phenols is 1. The summed E-state index contributed by atoms with van der Waals surface area (Å²) in [6, 6.07) is 23.8. The van der Waals surface area contributed by atoms with Gasteiger partial charge in [-0.1, -0.05) is 64.5 Å². The number of nitrogens with zero attached hydrogens (tertiary/aromatic N) is 1. The largest absolute Gasteiger partial charge is 0.507 e. The number of phenolic OH excluding ortho intramolecular Hbond substituents is 1. The number of rotatable bonds is 10. The van der Waals surface area contributed by atoms with Gasteiger partial charge >= 0.3 is 6.09 Å². The van der Waals surface area contributed by atoms with Crippen LogP contribution in [0.25, 0.3) is 11.6 Å². The van der Waals surface area contributed by atoms with Crippen molar-refractivity contribution in [2.75, 3.05) is 20.3 Å². The van der Waals surface area contributed by atoms with Crippen molar-refractivity contribution in [2.45, 2.75) is 25.4 Å². The zero-order valence-electron chi connectivity index (χ0n) is 24.6. The van der Waals surface area contributed by atoms with Gasteiger partial charge in [-0.15, -0.1) is 0 Å². The van der Waals surface area contributed by atoms with Gasteiger partial charge in [-0.3, -0.25) is 9.59 Å². The highest BCUT2D eigenvalue weighted by atomic mass is 79.9. The molecule has 10 heteroatoms.